The fourth-order valence-electron chi connectivity index (χ4n) is 1.18. The largest absolute Gasteiger partial charge is 0.497 e. The molecule has 0 saturated heterocycles. The van der Waals surface area contributed by atoms with Crippen LogP contribution >= 0.6 is 0 Å². The van der Waals surface area contributed by atoms with Crippen molar-refractivity contribution in [3.8, 4) is 5.75 Å². The molecule has 0 saturated carbocycles. The minimum Gasteiger partial charge on any atom is -0.497 e. The Hall–Kier alpha value is -1.60. The van der Waals surface area contributed by atoms with Gasteiger partial charge in [0.05, 0.1) is 24.2 Å². The van der Waals surface area contributed by atoms with Crippen LogP contribution in [0, 0.1) is 0 Å². The molecule has 0 spiro atoms. The van der Waals surface area contributed by atoms with Crippen molar-refractivity contribution in [1.29, 1.82) is 0 Å². The van der Waals surface area contributed by atoms with E-state index < -0.39 is 28.0 Å². The highest BCUT2D eigenvalue weighted by Crippen LogP contribution is 2.18. The van der Waals surface area contributed by atoms with Gasteiger partial charge in [-0.25, -0.2) is 13.2 Å². The van der Waals surface area contributed by atoms with Gasteiger partial charge in [0.25, 0.3) is 0 Å². The van der Waals surface area contributed by atoms with Gasteiger partial charge in [0.15, 0.2) is 9.84 Å². The minimum absolute atomic E-state index is 0.0580. The molecule has 0 radical (unpaired) electrons. The number of hydrogen-bond donors (Lipinski definition) is 1. The Kier molecular flexibility index (Phi) is 4.47. The molecule has 0 heterocycles. The lowest BCUT2D eigenvalue weighted by atomic mass is 10.3. The molecule has 0 bridgehead atoms. The molecule has 0 atom stereocenters. The van der Waals surface area contributed by atoms with Gasteiger partial charge in [0, 0.05) is 0 Å². The third-order valence-electron chi connectivity index (χ3n) is 2.08. The van der Waals surface area contributed by atoms with Gasteiger partial charge in [0.1, 0.15) is 5.75 Å². The third-order valence-corrected chi connectivity index (χ3v) is 3.79. The van der Waals surface area contributed by atoms with Gasteiger partial charge >= 0.3 is 5.97 Å². The van der Waals surface area contributed by atoms with Crippen molar-refractivity contribution in [2.45, 2.75) is 11.3 Å². The lowest BCUT2D eigenvalue weighted by Gasteiger charge is -2.05. The summed E-state index contributed by atoms with van der Waals surface area (Å²) in [4.78, 5) is 14.1. The maximum absolute atomic E-state index is 11.8. The van der Waals surface area contributed by atoms with Crippen LogP contribution in [0.4, 0.5) is 0 Å². The van der Waals surface area contributed by atoms with Crippen LogP contribution in [0.2, 0.25) is 0 Å². The lowest BCUT2D eigenvalue weighted by Crippen LogP contribution is -2.12. The fraction of sp³-hybridized carbons (Fsp3) is 0.300. The Morgan fingerprint density at radius 1 is 1.41 bits per heavy atom. The van der Waals surface area contributed by atoms with E-state index in [1.54, 1.807) is 6.07 Å². The Morgan fingerprint density at radius 2 is 2.12 bits per heavy atom. The molecule has 7 heteroatoms. The van der Waals surface area contributed by atoms with Crippen molar-refractivity contribution in [1.82, 2.24) is 0 Å². The molecule has 17 heavy (non-hydrogen) atoms. The van der Waals surface area contributed by atoms with E-state index in [0.717, 1.165) is 0 Å². The third kappa shape index (κ3) is 3.72. The normalized spacial score (nSPS) is 10.9. The zero-order chi connectivity index (χ0) is 12.9. The topological polar surface area (TPSA) is 89.9 Å². The second kappa shape index (κ2) is 5.65. The van der Waals surface area contributed by atoms with E-state index in [2.05, 4.69) is 4.89 Å². The van der Waals surface area contributed by atoms with Crippen molar-refractivity contribution in [3.63, 3.8) is 0 Å². The van der Waals surface area contributed by atoms with Crippen LogP contribution in [0.25, 0.3) is 0 Å². The average molecular weight is 260 g/mol. The van der Waals surface area contributed by atoms with E-state index in [9.17, 15) is 13.2 Å². The van der Waals surface area contributed by atoms with Crippen molar-refractivity contribution < 1.29 is 28.1 Å². The maximum Gasteiger partial charge on any atom is 0.343 e. The van der Waals surface area contributed by atoms with Crippen molar-refractivity contribution in [3.05, 3.63) is 24.3 Å². The van der Waals surface area contributed by atoms with E-state index in [0.29, 0.717) is 5.75 Å². The second-order valence-electron chi connectivity index (χ2n) is 3.21. The minimum atomic E-state index is -3.59. The highest BCUT2D eigenvalue weighted by Gasteiger charge is 2.17. The number of rotatable bonds is 5. The number of ether oxygens (including phenoxy) is 1. The summed E-state index contributed by atoms with van der Waals surface area (Å²) in [5.41, 5.74) is 0. The van der Waals surface area contributed by atoms with E-state index in [-0.39, 0.29) is 4.90 Å². The van der Waals surface area contributed by atoms with Crippen molar-refractivity contribution in [2.24, 2.45) is 0 Å². The van der Waals surface area contributed by atoms with Gasteiger partial charge < -0.3 is 9.62 Å². The van der Waals surface area contributed by atoms with E-state index in [4.69, 9.17) is 9.99 Å². The predicted molar refractivity (Wildman–Crippen MR) is 58.4 cm³/mol. The molecule has 0 amide bonds. The fourth-order valence-corrected chi connectivity index (χ4v) is 2.43. The number of methoxy groups -OCH3 is 1. The molecule has 1 N–H and O–H groups in total. The zero-order valence-electron chi connectivity index (χ0n) is 9.12. The number of benzene rings is 1. The molecule has 1 aromatic carbocycles. The Bertz CT molecular complexity index is 493. The summed E-state index contributed by atoms with van der Waals surface area (Å²) < 4.78 is 28.5. The van der Waals surface area contributed by atoms with Crippen LogP contribution in [-0.2, 0) is 19.5 Å². The van der Waals surface area contributed by atoms with E-state index >= 15 is 0 Å². The number of carbonyl (C=O) groups excluding carboxylic acids is 1. The van der Waals surface area contributed by atoms with Crippen LogP contribution in [0.15, 0.2) is 29.2 Å². The monoisotopic (exact) mass is 260 g/mol. The first-order valence-corrected chi connectivity index (χ1v) is 6.36. The van der Waals surface area contributed by atoms with Gasteiger partial charge in [0.2, 0.25) is 0 Å². The lowest BCUT2D eigenvalue weighted by molar-refractivity contribution is -0.233. The SMILES string of the molecule is COc1cccc(S(=O)(=O)CCC(=O)OO)c1. The second-order valence-corrected chi connectivity index (χ2v) is 5.32. The summed E-state index contributed by atoms with van der Waals surface area (Å²) in [6.07, 6.45) is -0.407. The first-order chi connectivity index (χ1) is 7.99. The smallest absolute Gasteiger partial charge is 0.343 e. The Labute approximate surface area is 98.6 Å². The van der Waals surface area contributed by atoms with Crippen LogP contribution < -0.4 is 4.74 Å². The van der Waals surface area contributed by atoms with Crippen LogP contribution in [0.1, 0.15) is 6.42 Å². The first-order valence-electron chi connectivity index (χ1n) is 4.70. The van der Waals surface area contributed by atoms with Crippen LogP contribution in [0.5, 0.6) is 5.75 Å². The van der Waals surface area contributed by atoms with E-state index in [1.165, 1.54) is 25.3 Å². The maximum atomic E-state index is 11.8. The highest BCUT2D eigenvalue weighted by atomic mass is 32.2. The van der Waals surface area contributed by atoms with Crippen molar-refractivity contribution in [2.75, 3.05) is 12.9 Å². The Morgan fingerprint density at radius 3 is 2.71 bits per heavy atom. The summed E-state index contributed by atoms with van der Waals surface area (Å²) in [7, 11) is -2.16. The van der Waals surface area contributed by atoms with Crippen LogP contribution in [-0.4, -0.2) is 32.5 Å². The molecule has 0 aliphatic rings. The molecule has 1 rings (SSSR count). The van der Waals surface area contributed by atoms with Gasteiger partial charge in [-0.15, -0.1) is 0 Å². The highest BCUT2D eigenvalue weighted by molar-refractivity contribution is 7.91. The van der Waals surface area contributed by atoms with Gasteiger partial charge in [-0.2, -0.15) is 5.26 Å². The number of sulfone groups is 1. The van der Waals surface area contributed by atoms with Gasteiger partial charge in [-0.1, -0.05) is 6.07 Å². The summed E-state index contributed by atoms with van der Waals surface area (Å²) in [6.45, 7) is 0. The molecule has 6 nitrogen and oxygen atoms in total. The molecule has 1 aromatic rings. The molecule has 94 valence electrons. The average Bonchev–Trinajstić information content (AvgIpc) is 2.36. The molecule has 0 fully saturated rings. The molecule has 0 aliphatic heterocycles. The summed E-state index contributed by atoms with van der Waals surface area (Å²) >= 11 is 0. The zero-order valence-corrected chi connectivity index (χ0v) is 9.94. The molecule has 0 aromatic heterocycles. The number of carbonyl (C=O) groups is 1. The van der Waals surface area contributed by atoms with Gasteiger partial charge in [-0.3, -0.25) is 0 Å². The Balaban J connectivity index is 2.85. The molecule has 0 unspecified atom stereocenters. The molecule has 0 aliphatic carbocycles. The van der Waals surface area contributed by atoms with E-state index in [1.807, 2.05) is 0 Å². The quantitative estimate of drug-likeness (QED) is 0.624. The number of hydrogen-bond acceptors (Lipinski definition) is 6. The van der Waals surface area contributed by atoms with Gasteiger partial charge in [-0.05, 0) is 18.2 Å². The molecular weight excluding hydrogens is 248 g/mol. The van der Waals surface area contributed by atoms with Crippen molar-refractivity contribution >= 4 is 15.8 Å². The standard InChI is InChI=1S/C10H12O6S/c1-15-8-3-2-4-9(7-8)17(13,14)6-5-10(11)16-12/h2-4,7,12H,5-6H2,1H3. The predicted octanol–water partition coefficient (Wildman–Crippen LogP) is 0.875. The van der Waals surface area contributed by atoms with Crippen LogP contribution in [0.3, 0.4) is 0 Å². The first kappa shape index (κ1) is 13.5. The molecular formula is C10H12O6S. The summed E-state index contributed by atoms with van der Waals surface area (Å²) in [5, 5.41) is 8.02. The summed E-state index contributed by atoms with van der Waals surface area (Å²) in [6, 6.07) is 5.92. The summed E-state index contributed by atoms with van der Waals surface area (Å²) in [5.74, 6) is -1.01.